The van der Waals surface area contributed by atoms with Gasteiger partial charge in [0, 0.05) is 0 Å². The van der Waals surface area contributed by atoms with E-state index in [0.29, 0.717) is 0 Å². The van der Waals surface area contributed by atoms with Gasteiger partial charge in [0.2, 0.25) is 0 Å². The molecule has 2 nitrogen and oxygen atoms in total. The lowest BCUT2D eigenvalue weighted by Gasteiger charge is -1.69. The predicted molar refractivity (Wildman–Crippen MR) is 28.6 cm³/mol. The van der Waals surface area contributed by atoms with Crippen LogP contribution in [0.25, 0.3) is 0 Å². The summed E-state index contributed by atoms with van der Waals surface area (Å²) in [5.41, 5.74) is 0. The third-order valence-corrected chi connectivity index (χ3v) is 0. The van der Waals surface area contributed by atoms with Crippen molar-refractivity contribution in [3.05, 3.63) is 0 Å². The van der Waals surface area contributed by atoms with Crippen LogP contribution in [0, 0.1) is 0 Å². The first-order valence-corrected chi connectivity index (χ1v) is 1.96. The van der Waals surface area contributed by atoms with E-state index in [1.54, 1.807) is 0 Å². The summed E-state index contributed by atoms with van der Waals surface area (Å²) in [4.78, 5) is 0. The topological polar surface area (TPSA) is 63.0 Å². The van der Waals surface area contributed by atoms with Gasteiger partial charge in [0.25, 0.3) is 0 Å². The molecule has 0 fully saturated rings. The van der Waals surface area contributed by atoms with Crippen LogP contribution < -0.4 is 0 Å². The minimum Gasteiger partial charge on any atom is -0.412 e. The van der Waals surface area contributed by atoms with Gasteiger partial charge in [0.1, 0.15) is 0 Å². The van der Waals surface area contributed by atoms with Crippen LogP contribution in [0.3, 0.4) is 0 Å². The van der Waals surface area contributed by atoms with Gasteiger partial charge >= 0.3 is 0 Å². The summed E-state index contributed by atoms with van der Waals surface area (Å²) < 4.78 is -0.750. The van der Waals surface area contributed by atoms with Crippen LogP contribution >= 0.6 is 34.8 Å². The molecule has 0 atom stereocenters. The Morgan fingerprint density at radius 2 is 0.833 bits per heavy atom. The monoisotopic (exact) mass is 154 g/mol. The Morgan fingerprint density at radius 3 is 0.833 bits per heavy atom. The Hall–Kier alpha value is 0.790. The fraction of sp³-hybridized carbons (Fsp3) is 1.00. The van der Waals surface area contributed by atoms with Crippen molar-refractivity contribution >= 4 is 34.8 Å². The van der Waals surface area contributed by atoms with Gasteiger partial charge in [-0.05, 0) is 0 Å². The van der Waals surface area contributed by atoms with Crippen molar-refractivity contribution in [2.75, 3.05) is 0 Å². The van der Waals surface area contributed by atoms with Crippen molar-refractivity contribution in [3.63, 3.8) is 0 Å². The van der Waals surface area contributed by atoms with E-state index in [2.05, 4.69) is 0 Å². The maximum atomic E-state index is 4.81. The van der Waals surface area contributed by atoms with Crippen molar-refractivity contribution in [3.8, 4) is 0 Å². The van der Waals surface area contributed by atoms with Crippen LogP contribution in [0.15, 0.2) is 0 Å². The van der Waals surface area contributed by atoms with Gasteiger partial charge in [-0.25, -0.2) is 0 Å². The molecule has 0 aliphatic rings. The van der Waals surface area contributed by atoms with E-state index in [-0.39, 0.29) is 11.0 Å². The molecule has 0 aromatic rings. The first-order valence-electron chi connectivity index (χ1n) is 0.655. The maximum absolute atomic E-state index is 4.81. The second kappa shape index (κ2) is 9.25. The molecule has 0 aromatic heterocycles. The molecule has 6 heavy (non-hydrogen) atoms. The third-order valence-electron chi connectivity index (χ3n) is 0. The quantitative estimate of drug-likeness (QED) is 0.453. The molecule has 0 amide bonds. The summed E-state index contributed by atoms with van der Waals surface area (Å²) in [6.45, 7) is 0. The molecule has 0 heterocycles. The van der Waals surface area contributed by atoms with Gasteiger partial charge in [-0.1, -0.05) is 34.8 Å². The average Bonchev–Trinajstić information content (AvgIpc) is 0.811. The van der Waals surface area contributed by atoms with Gasteiger partial charge in [0.15, 0.2) is 4.30 Å². The van der Waals surface area contributed by atoms with Crippen molar-refractivity contribution in [1.29, 1.82) is 0 Å². The number of hydrogen-bond acceptors (Lipinski definition) is 0. The van der Waals surface area contributed by atoms with E-state index < -0.39 is 4.30 Å². The highest BCUT2D eigenvalue weighted by molar-refractivity contribution is 6.63. The molecular weight excluding hydrogens is 150 g/mol. The standard InChI is InChI=1S/CHCl3.2H2O/c2-1(3)4;;/h1H;2*1H2. The first-order chi connectivity index (χ1) is 1.73. The van der Waals surface area contributed by atoms with Crippen LogP contribution in [-0.4, -0.2) is 15.2 Å². The second-order valence-corrected chi connectivity index (χ2v) is 2.23. The summed E-state index contributed by atoms with van der Waals surface area (Å²) in [6, 6.07) is 0. The Kier molecular flexibility index (Phi) is 24.4. The van der Waals surface area contributed by atoms with Gasteiger partial charge in [-0.3, -0.25) is 0 Å². The van der Waals surface area contributed by atoms with E-state index in [0.717, 1.165) is 0 Å². The average molecular weight is 155 g/mol. The van der Waals surface area contributed by atoms with Crippen molar-refractivity contribution in [1.82, 2.24) is 0 Å². The molecule has 0 aliphatic heterocycles. The number of rotatable bonds is 0. The molecule has 0 bridgehead atoms. The van der Waals surface area contributed by atoms with Crippen molar-refractivity contribution < 1.29 is 11.0 Å². The number of halogens is 3. The molecule has 0 rings (SSSR count). The minimum atomic E-state index is -0.750. The highest BCUT2D eigenvalue weighted by Crippen LogP contribution is 2.03. The van der Waals surface area contributed by atoms with Gasteiger partial charge < -0.3 is 11.0 Å². The summed E-state index contributed by atoms with van der Waals surface area (Å²) in [6.07, 6.45) is 0. The van der Waals surface area contributed by atoms with E-state index in [1.807, 2.05) is 0 Å². The fourth-order valence-corrected chi connectivity index (χ4v) is 0. The van der Waals surface area contributed by atoms with Crippen molar-refractivity contribution in [2.24, 2.45) is 0 Å². The van der Waals surface area contributed by atoms with Crippen LogP contribution in [0.4, 0.5) is 0 Å². The SMILES string of the molecule is ClC(Cl)Cl.O.O. The molecule has 42 valence electrons. The molecule has 0 aliphatic carbocycles. The molecular formula is CH5Cl3O2. The van der Waals surface area contributed by atoms with Crippen LogP contribution in [0.2, 0.25) is 0 Å². The molecule has 0 spiro atoms. The molecule has 4 N–H and O–H groups in total. The molecule has 0 saturated heterocycles. The second-order valence-electron chi connectivity index (χ2n) is 0.247. The highest BCUT2D eigenvalue weighted by atomic mass is 35.6. The van der Waals surface area contributed by atoms with Crippen molar-refractivity contribution in [2.45, 2.75) is 4.30 Å². The Morgan fingerprint density at radius 1 is 0.833 bits per heavy atom. The van der Waals surface area contributed by atoms with Gasteiger partial charge in [-0.2, -0.15) is 0 Å². The van der Waals surface area contributed by atoms with E-state index in [4.69, 9.17) is 34.8 Å². The summed E-state index contributed by atoms with van der Waals surface area (Å²) in [7, 11) is 0. The largest absolute Gasteiger partial charge is 0.412 e. The van der Waals surface area contributed by atoms with Crippen LogP contribution in [0.1, 0.15) is 0 Å². The van der Waals surface area contributed by atoms with Crippen LogP contribution in [-0.2, 0) is 0 Å². The molecule has 0 aromatic carbocycles. The van der Waals surface area contributed by atoms with Crippen LogP contribution in [0.5, 0.6) is 0 Å². The lowest BCUT2D eigenvalue weighted by atomic mass is 11.9. The Bertz CT molecular complexity index is 13.5. The lowest BCUT2D eigenvalue weighted by molar-refractivity contribution is 0.823. The summed E-state index contributed by atoms with van der Waals surface area (Å²) in [5.74, 6) is 0. The number of alkyl halides is 3. The summed E-state index contributed by atoms with van der Waals surface area (Å²) >= 11 is 14.4. The van der Waals surface area contributed by atoms with E-state index >= 15 is 0 Å². The summed E-state index contributed by atoms with van der Waals surface area (Å²) in [5, 5.41) is 0. The zero-order valence-corrected chi connectivity index (χ0v) is 4.98. The predicted octanol–water partition coefficient (Wildman–Crippen LogP) is 0.337. The highest BCUT2D eigenvalue weighted by Gasteiger charge is 1.78. The normalized spacial score (nSPS) is 6.00. The van der Waals surface area contributed by atoms with Gasteiger partial charge in [0.05, 0.1) is 0 Å². The lowest BCUT2D eigenvalue weighted by Crippen LogP contribution is -1.55. The molecule has 5 heteroatoms. The third kappa shape index (κ3) is 110. The zero-order chi connectivity index (χ0) is 3.58. The molecule has 0 saturated carbocycles. The molecule has 0 unspecified atom stereocenters. The minimum absolute atomic E-state index is 0. The molecule has 0 radical (unpaired) electrons. The Balaban J connectivity index is -0.0000000450. The van der Waals surface area contributed by atoms with E-state index in [1.165, 1.54) is 0 Å². The van der Waals surface area contributed by atoms with Gasteiger partial charge in [-0.15, -0.1) is 0 Å². The fourth-order valence-electron chi connectivity index (χ4n) is 0. The maximum Gasteiger partial charge on any atom is 0.180 e. The van der Waals surface area contributed by atoms with E-state index in [9.17, 15) is 0 Å². The number of hydrogen-bond donors (Lipinski definition) is 0. The Labute approximate surface area is 50.6 Å². The first kappa shape index (κ1) is 15.8. The zero-order valence-electron chi connectivity index (χ0n) is 2.71. The smallest absolute Gasteiger partial charge is 0.180 e.